The zero-order chi connectivity index (χ0) is 29.5. The standard InChI is InChI=1S/C42H26N2S/c1-7-19-35-27(13-1)28-14-2-8-20-36(28)43(35)37-21-9-3-15-29(37)30-16-4-10-22-38(30)44-39-23-11-5-17-31(39)33-25-26-34-32-18-6-12-24-40(32)45-42(34)41(33)44/h1-26H. The molecule has 10 rings (SSSR count). The quantitative estimate of drug-likeness (QED) is 0.194. The number of fused-ring (bicyclic) bond motifs is 10. The average molecular weight is 591 g/mol. The third kappa shape index (κ3) is 3.44. The topological polar surface area (TPSA) is 9.86 Å². The summed E-state index contributed by atoms with van der Waals surface area (Å²) in [6.07, 6.45) is 0. The van der Waals surface area contributed by atoms with E-state index in [1.165, 1.54) is 86.3 Å². The van der Waals surface area contributed by atoms with E-state index in [1.54, 1.807) is 0 Å². The van der Waals surface area contributed by atoms with Crippen molar-refractivity contribution in [2.75, 3.05) is 0 Å². The van der Waals surface area contributed by atoms with Crippen LogP contribution in [0, 0.1) is 0 Å². The molecule has 0 aliphatic rings. The fourth-order valence-electron chi connectivity index (χ4n) is 7.46. The van der Waals surface area contributed by atoms with Crippen LogP contribution < -0.4 is 0 Å². The van der Waals surface area contributed by atoms with Crippen LogP contribution in [0.1, 0.15) is 0 Å². The molecule has 7 aromatic carbocycles. The highest BCUT2D eigenvalue weighted by Gasteiger charge is 2.21. The Morgan fingerprint density at radius 2 is 0.778 bits per heavy atom. The Bertz CT molecular complexity index is 2720. The van der Waals surface area contributed by atoms with Crippen molar-refractivity contribution in [2.24, 2.45) is 0 Å². The van der Waals surface area contributed by atoms with Crippen LogP contribution in [0.2, 0.25) is 0 Å². The zero-order valence-corrected chi connectivity index (χ0v) is 25.1. The third-order valence-electron chi connectivity index (χ3n) is 9.34. The van der Waals surface area contributed by atoms with E-state index in [9.17, 15) is 0 Å². The molecule has 0 atom stereocenters. The fraction of sp³-hybridized carbons (Fsp3) is 0. The minimum atomic E-state index is 1.18. The van der Waals surface area contributed by atoms with Gasteiger partial charge < -0.3 is 9.13 Å². The molecule has 0 saturated carbocycles. The first-order valence-electron chi connectivity index (χ1n) is 15.4. The molecule has 3 heterocycles. The Morgan fingerprint density at radius 1 is 0.333 bits per heavy atom. The number of thiophene rings is 1. The molecule has 0 saturated heterocycles. The van der Waals surface area contributed by atoms with Crippen molar-refractivity contribution in [3.05, 3.63) is 158 Å². The predicted molar refractivity (Wildman–Crippen MR) is 193 cm³/mol. The Balaban J connectivity index is 1.33. The van der Waals surface area contributed by atoms with Crippen LogP contribution in [0.4, 0.5) is 0 Å². The van der Waals surface area contributed by atoms with Gasteiger partial charge in [-0.25, -0.2) is 0 Å². The number of rotatable bonds is 3. The summed E-state index contributed by atoms with van der Waals surface area (Å²) in [5.74, 6) is 0. The second-order valence-corrected chi connectivity index (χ2v) is 12.7. The maximum Gasteiger partial charge on any atom is 0.0720 e. The van der Waals surface area contributed by atoms with E-state index in [-0.39, 0.29) is 0 Å². The summed E-state index contributed by atoms with van der Waals surface area (Å²) >= 11 is 1.90. The number of hydrogen-bond acceptors (Lipinski definition) is 1. The lowest BCUT2D eigenvalue weighted by Crippen LogP contribution is -2.01. The molecule has 0 fully saturated rings. The predicted octanol–water partition coefficient (Wildman–Crippen LogP) is 11.9. The van der Waals surface area contributed by atoms with Crippen molar-refractivity contribution < 1.29 is 0 Å². The molecule has 0 unspecified atom stereocenters. The summed E-state index contributed by atoms with van der Waals surface area (Å²) in [7, 11) is 0. The zero-order valence-electron chi connectivity index (χ0n) is 24.3. The first-order chi connectivity index (χ1) is 22.4. The van der Waals surface area contributed by atoms with E-state index >= 15 is 0 Å². The van der Waals surface area contributed by atoms with E-state index in [0.29, 0.717) is 0 Å². The molecule has 0 spiro atoms. The Labute approximate surface area is 263 Å². The molecule has 45 heavy (non-hydrogen) atoms. The van der Waals surface area contributed by atoms with Crippen LogP contribution in [0.15, 0.2) is 158 Å². The Hall–Kier alpha value is -5.64. The molecule has 0 amide bonds. The molecule has 3 aromatic heterocycles. The van der Waals surface area contributed by atoms with Gasteiger partial charge in [-0.2, -0.15) is 0 Å². The molecular weight excluding hydrogens is 565 g/mol. The molecule has 0 aliphatic heterocycles. The lowest BCUT2D eigenvalue weighted by molar-refractivity contribution is 1.16. The summed E-state index contributed by atoms with van der Waals surface area (Å²) in [5, 5.41) is 7.74. The van der Waals surface area contributed by atoms with Crippen LogP contribution >= 0.6 is 11.3 Å². The van der Waals surface area contributed by atoms with Crippen molar-refractivity contribution in [3.63, 3.8) is 0 Å². The summed E-state index contributed by atoms with van der Waals surface area (Å²) in [4.78, 5) is 0. The highest BCUT2D eigenvalue weighted by atomic mass is 32.1. The normalized spacial score (nSPS) is 12.0. The lowest BCUT2D eigenvalue weighted by Gasteiger charge is -2.18. The van der Waals surface area contributed by atoms with Gasteiger partial charge >= 0.3 is 0 Å². The van der Waals surface area contributed by atoms with Crippen molar-refractivity contribution in [2.45, 2.75) is 0 Å². The molecule has 3 heteroatoms. The van der Waals surface area contributed by atoms with Gasteiger partial charge in [0.05, 0.1) is 38.1 Å². The van der Waals surface area contributed by atoms with Gasteiger partial charge in [-0.3, -0.25) is 0 Å². The van der Waals surface area contributed by atoms with E-state index < -0.39 is 0 Å². The first kappa shape index (κ1) is 24.8. The number of nitrogens with zero attached hydrogens (tertiary/aromatic N) is 2. The number of hydrogen-bond donors (Lipinski definition) is 0. The summed E-state index contributed by atoms with van der Waals surface area (Å²) in [5.41, 5.74) is 9.69. The average Bonchev–Trinajstić information content (AvgIpc) is 3.76. The van der Waals surface area contributed by atoms with Gasteiger partial charge in [0.25, 0.3) is 0 Å². The van der Waals surface area contributed by atoms with Crippen LogP contribution in [0.3, 0.4) is 0 Å². The highest BCUT2D eigenvalue weighted by molar-refractivity contribution is 7.26. The molecule has 0 N–H and O–H groups in total. The maximum absolute atomic E-state index is 2.51. The van der Waals surface area contributed by atoms with Gasteiger partial charge in [-0.15, -0.1) is 11.3 Å². The Kier molecular flexibility index (Phi) is 5.19. The van der Waals surface area contributed by atoms with Gasteiger partial charge in [-0.05, 0) is 36.4 Å². The van der Waals surface area contributed by atoms with Gasteiger partial charge in [0.2, 0.25) is 0 Å². The highest BCUT2D eigenvalue weighted by Crippen LogP contribution is 2.45. The molecule has 0 aliphatic carbocycles. The van der Waals surface area contributed by atoms with Gasteiger partial charge in [0.15, 0.2) is 0 Å². The Morgan fingerprint density at radius 3 is 1.42 bits per heavy atom. The van der Waals surface area contributed by atoms with Crippen LogP contribution in [0.5, 0.6) is 0 Å². The summed E-state index contributed by atoms with van der Waals surface area (Å²) < 4.78 is 7.60. The molecule has 2 nitrogen and oxygen atoms in total. The molecule has 0 bridgehead atoms. The second-order valence-electron chi connectivity index (χ2n) is 11.7. The molecule has 10 aromatic rings. The second kappa shape index (κ2) is 9.43. The van der Waals surface area contributed by atoms with Crippen LogP contribution in [0.25, 0.3) is 86.3 Å². The van der Waals surface area contributed by atoms with Crippen molar-refractivity contribution in [1.29, 1.82) is 0 Å². The van der Waals surface area contributed by atoms with Gasteiger partial charge in [0, 0.05) is 48.1 Å². The number of aromatic nitrogens is 2. The molecular formula is C42H26N2S. The van der Waals surface area contributed by atoms with E-state index in [2.05, 4.69) is 167 Å². The third-order valence-corrected chi connectivity index (χ3v) is 10.5. The van der Waals surface area contributed by atoms with E-state index in [0.717, 1.165) is 0 Å². The van der Waals surface area contributed by atoms with Crippen molar-refractivity contribution in [3.8, 4) is 22.5 Å². The van der Waals surface area contributed by atoms with Crippen LogP contribution in [-0.2, 0) is 0 Å². The smallest absolute Gasteiger partial charge is 0.0720 e. The molecule has 210 valence electrons. The summed E-state index contributed by atoms with van der Waals surface area (Å²) in [6, 6.07) is 57.6. The number of benzene rings is 7. The van der Waals surface area contributed by atoms with Gasteiger partial charge in [0.1, 0.15) is 0 Å². The SMILES string of the molecule is c1ccc(-n2c3ccccc3c3ccccc32)c(-c2ccccc2-n2c3ccccc3c3ccc4c5ccccc5sc4c32)c1. The lowest BCUT2D eigenvalue weighted by atomic mass is 10.0. The first-order valence-corrected chi connectivity index (χ1v) is 16.2. The van der Waals surface area contributed by atoms with Crippen molar-refractivity contribution >= 4 is 75.1 Å². The largest absolute Gasteiger partial charge is 0.309 e. The maximum atomic E-state index is 2.51. The minimum Gasteiger partial charge on any atom is -0.309 e. The molecule has 0 radical (unpaired) electrons. The summed E-state index contributed by atoms with van der Waals surface area (Å²) in [6.45, 7) is 0. The fourth-order valence-corrected chi connectivity index (χ4v) is 8.70. The van der Waals surface area contributed by atoms with E-state index in [4.69, 9.17) is 0 Å². The monoisotopic (exact) mass is 590 g/mol. The van der Waals surface area contributed by atoms with Gasteiger partial charge in [-0.1, -0.05) is 121 Å². The van der Waals surface area contributed by atoms with Crippen LogP contribution in [-0.4, -0.2) is 9.13 Å². The van der Waals surface area contributed by atoms with Crippen molar-refractivity contribution in [1.82, 2.24) is 9.13 Å². The number of para-hydroxylation sites is 5. The van der Waals surface area contributed by atoms with E-state index in [1.807, 2.05) is 11.3 Å². The minimum absolute atomic E-state index is 1.18.